The van der Waals surface area contributed by atoms with E-state index in [1.54, 1.807) is 11.3 Å². The largest absolute Gasteiger partial charge is 0.347 e. The Labute approximate surface area is 180 Å². The zero-order valence-corrected chi connectivity index (χ0v) is 18.0. The lowest BCUT2D eigenvalue weighted by atomic mass is 9.82. The maximum Gasteiger partial charge on any atom is 0.243 e. The van der Waals surface area contributed by atoms with Gasteiger partial charge in [-0.2, -0.15) is 0 Å². The predicted octanol–water partition coefficient (Wildman–Crippen LogP) is 4.72. The van der Waals surface area contributed by atoms with E-state index >= 15 is 0 Å². The van der Waals surface area contributed by atoms with E-state index in [4.69, 9.17) is 4.98 Å². The molecule has 2 aromatic carbocycles. The number of allylic oxidation sites excluding steroid dienone is 2. The summed E-state index contributed by atoms with van der Waals surface area (Å²) < 4.78 is 1.13. The Balaban J connectivity index is 1.42. The minimum Gasteiger partial charge on any atom is -0.347 e. The Hall–Kier alpha value is -2.99. The molecule has 0 saturated carbocycles. The van der Waals surface area contributed by atoms with Gasteiger partial charge in [0.15, 0.2) is 0 Å². The summed E-state index contributed by atoms with van der Waals surface area (Å²) in [4.78, 5) is 30.1. The molecular weight excluding hydrogens is 394 g/mol. The highest BCUT2D eigenvalue weighted by Gasteiger charge is 2.32. The fourth-order valence-corrected chi connectivity index (χ4v) is 5.07. The highest BCUT2D eigenvalue weighted by molar-refractivity contribution is 7.18. The second-order valence-electron chi connectivity index (χ2n) is 7.71. The molecular formula is C24H25N3O2S. The van der Waals surface area contributed by atoms with Gasteiger partial charge in [-0.15, -0.1) is 11.3 Å². The molecule has 0 saturated heterocycles. The van der Waals surface area contributed by atoms with Gasteiger partial charge in [0.05, 0.1) is 27.7 Å². The van der Waals surface area contributed by atoms with Crippen molar-refractivity contribution in [2.75, 3.05) is 11.9 Å². The average molecular weight is 420 g/mol. The highest BCUT2D eigenvalue weighted by atomic mass is 32.1. The van der Waals surface area contributed by atoms with Crippen LogP contribution in [0.15, 0.2) is 54.6 Å². The van der Waals surface area contributed by atoms with Crippen LogP contribution in [-0.2, 0) is 9.59 Å². The molecule has 2 atom stereocenters. The molecule has 0 fully saturated rings. The van der Waals surface area contributed by atoms with Gasteiger partial charge in [-0.25, -0.2) is 4.98 Å². The number of nitrogens with one attached hydrogen (secondary N) is 2. The Morgan fingerprint density at radius 1 is 1.03 bits per heavy atom. The molecule has 4 rings (SSSR count). The number of para-hydroxylation sites is 2. The summed E-state index contributed by atoms with van der Waals surface area (Å²) in [5.41, 5.74) is 3.79. The van der Waals surface area contributed by atoms with E-state index in [-0.39, 0.29) is 30.2 Å². The van der Waals surface area contributed by atoms with Crippen molar-refractivity contribution in [3.05, 3.63) is 70.8 Å². The number of aromatic nitrogens is 1. The van der Waals surface area contributed by atoms with Crippen LogP contribution in [0.5, 0.6) is 0 Å². The smallest absolute Gasteiger partial charge is 0.243 e. The molecule has 1 aliphatic rings. The fraction of sp³-hybridized carbons (Fsp3) is 0.292. The van der Waals surface area contributed by atoms with E-state index in [1.807, 2.05) is 56.3 Å². The molecule has 2 unspecified atom stereocenters. The molecule has 0 spiro atoms. The minimum atomic E-state index is -0.219. The zero-order valence-electron chi connectivity index (χ0n) is 17.1. The Morgan fingerprint density at radius 2 is 1.77 bits per heavy atom. The number of hydrogen-bond donors (Lipinski definition) is 2. The van der Waals surface area contributed by atoms with Crippen molar-refractivity contribution in [2.45, 2.75) is 32.6 Å². The van der Waals surface area contributed by atoms with E-state index in [0.717, 1.165) is 38.5 Å². The second kappa shape index (κ2) is 8.79. The van der Waals surface area contributed by atoms with Crippen LogP contribution in [0.25, 0.3) is 10.2 Å². The van der Waals surface area contributed by atoms with E-state index in [9.17, 15) is 9.59 Å². The normalized spacial score (nSPS) is 18.3. The Bertz CT molecular complexity index is 1070. The third kappa shape index (κ3) is 4.28. The van der Waals surface area contributed by atoms with Crippen LogP contribution in [0.1, 0.15) is 34.9 Å². The van der Waals surface area contributed by atoms with Gasteiger partial charge >= 0.3 is 0 Å². The van der Waals surface area contributed by atoms with Gasteiger partial charge in [-0.05, 0) is 49.9 Å². The van der Waals surface area contributed by atoms with Gasteiger partial charge < -0.3 is 10.6 Å². The van der Waals surface area contributed by atoms with E-state index in [2.05, 4.69) is 22.8 Å². The van der Waals surface area contributed by atoms with Crippen molar-refractivity contribution in [3.63, 3.8) is 0 Å². The number of rotatable bonds is 5. The maximum absolute atomic E-state index is 12.9. The van der Waals surface area contributed by atoms with Crippen LogP contribution >= 0.6 is 11.3 Å². The van der Waals surface area contributed by atoms with Crippen molar-refractivity contribution in [3.8, 4) is 0 Å². The van der Waals surface area contributed by atoms with E-state index in [1.165, 1.54) is 0 Å². The molecule has 0 bridgehead atoms. The molecule has 1 aromatic heterocycles. The first-order chi connectivity index (χ1) is 14.5. The number of benzene rings is 2. The number of thiazole rings is 1. The molecule has 154 valence electrons. The lowest BCUT2D eigenvalue weighted by molar-refractivity contribution is -0.127. The van der Waals surface area contributed by atoms with E-state index < -0.39 is 0 Å². The summed E-state index contributed by atoms with van der Waals surface area (Å²) in [6.07, 6.45) is 5.61. The molecule has 2 N–H and O–H groups in total. The number of nitrogens with zero attached hydrogens (tertiary/aromatic N) is 1. The first-order valence-corrected chi connectivity index (χ1v) is 11.0. The number of aryl methyl sites for hydroxylation is 2. The van der Waals surface area contributed by atoms with E-state index in [0.29, 0.717) is 6.42 Å². The fourth-order valence-electron chi connectivity index (χ4n) is 3.92. The van der Waals surface area contributed by atoms with Gasteiger partial charge in [0, 0.05) is 11.6 Å². The van der Waals surface area contributed by atoms with Crippen LogP contribution in [0.4, 0.5) is 5.69 Å². The van der Waals surface area contributed by atoms with Crippen LogP contribution < -0.4 is 10.6 Å². The number of carbonyl (C=O) groups is 2. The summed E-state index contributed by atoms with van der Waals surface area (Å²) in [6, 6.07) is 13.9. The first-order valence-electron chi connectivity index (χ1n) is 10.2. The maximum atomic E-state index is 12.9. The van der Waals surface area contributed by atoms with Crippen molar-refractivity contribution in [1.29, 1.82) is 0 Å². The van der Waals surface area contributed by atoms with Gasteiger partial charge in [0.1, 0.15) is 0 Å². The third-order valence-corrected chi connectivity index (χ3v) is 6.73. The van der Waals surface area contributed by atoms with Gasteiger partial charge in [0.2, 0.25) is 11.8 Å². The van der Waals surface area contributed by atoms with Crippen LogP contribution in [0.3, 0.4) is 0 Å². The topological polar surface area (TPSA) is 71.1 Å². The minimum absolute atomic E-state index is 0.0362. The first kappa shape index (κ1) is 20.3. The molecule has 0 radical (unpaired) electrons. The quantitative estimate of drug-likeness (QED) is 0.588. The molecule has 1 aliphatic carbocycles. The second-order valence-corrected chi connectivity index (χ2v) is 8.77. The summed E-state index contributed by atoms with van der Waals surface area (Å²) in [5, 5.41) is 6.74. The molecule has 5 nitrogen and oxygen atoms in total. The number of hydrogen-bond acceptors (Lipinski definition) is 4. The predicted molar refractivity (Wildman–Crippen MR) is 122 cm³/mol. The lowest BCUT2D eigenvalue weighted by Gasteiger charge is -2.26. The highest BCUT2D eigenvalue weighted by Crippen LogP contribution is 2.38. The molecule has 30 heavy (non-hydrogen) atoms. The van der Waals surface area contributed by atoms with Crippen molar-refractivity contribution in [1.82, 2.24) is 10.3 Å². The van der Waals surface area contributed by atoms with Crippen molar-refractivity contribution in [2.24, 2.45) is 5.92 Å². The van der Waals surface area contributed by atoms with Crippen LogP contribution in [-0.4, -0.2) is 23.3 Å². The van der Waals surface area contributed by atoms with Crippen LogP contribution in [0.2, 0.25) is 0 Å². The third-order valence-electron chi connectivity index (χ3n) is 5.57. The zero-order chi connectivity index (χ0) is 21.1. The van der Waals surface area contributed by atoms with Gasteiger partial charge in [0.25, 0.3) is 0 Å². The molecule has 3 aromatic rings. The standard InChI is InChI=1S/C24H25N3O2S/c1-15-8-7-9-16(2)22(15)27-21(28)14-25-23(29)17-10-3-4-11-18(17)24-26-19-12-5-6-13-20(19)30-24/h3-9,12-13,17-18H,10-11,14H2,1-2H3,(H,25,29)(H,27,28). The average Bonchev–Trinajstić information content (AvgIpc) is 3.19. The van der Waals surface area contributed by atoms with Crippen molar-refractivity contribution < 1.29 is 9.59 Å². The lowest BCUT2D eigenvalue weighted by Crippen LogP contribution is -2.39. The number of anilines is 1. The number of fused-ring (bicyclic) bond motifs is 1. The summed E-state index contributed by atoms with van der Waals surface area (Å²) in [7, 11) is 0. The SMILES string of the molecule is Cc1cccc(C)c1NC(=O)CNC(=O)C1CC=CCC1c1nc2ccccc2s1. The Morgan fingerprint density at radius 3 is 2.53 bits per heavy atom. The molecule has 1 heterocycles. The molecule has 2 amide bonds. The van der Waals surface area contributed by atoms with Crippen LogP contribution in [0, 0.1) is 19.8 Å². The monoisotopic (exact) mass is 419 g/mol. The molecule has 0 aliphatic heterocycles. The van der Waals surface area contributed by atoms with Crippen molar-refractivity contribution >= 4 is 39.1 Å². The summed E-state index contributed by atoms with van der Waals surface area (Å²) in [5.74, 6) is -0.499. The molecule has 6 heteroatoms. The Kier molecular flexibility index (Phi) is 5.95. The number of carbonyl (C=O) groups excluding carboxylic acids is 2. The summed E-state index contributed by atoms with van der Waals surface area (Å²) in [6.45, 7) is 3.87. The van der Waals surface area contributed by atoms with Gasteiger partial charge in [-0.3, -0.25) is 9.59 Å². The van der Waals surface area contributed by atoms with Gasteiger partial charge in [-0.1, -0.05) is 42.5 Å². The summed E-state index contributed by atoms with van der Waals surface area (Å²) >= 11 is 1.65. The number of amides is 2.